The number of ether oxygens (including phenoxy) is 3. The first-order valence-electron chi connectivity index (χ1n) is 11.0. The van der Waals surface area contributed by atoms with Crippen LogP contribution in [0.5, 0.6) is 23.0 Å². The maximum absolute atomic E-state index is 13.9. The second-order valence-electron chi connectivity index (χ2n) is 7.67. The Morgan fingerprint density at radius 2 is 1.54 bits per heavy atom. The van der Waals surface area contributed by atoms with Gasteiger partial charge in [0.15, 0.2) is 11.5 Å². The molecule has 0 aliphatic heterocycles. The normalized spacial score (nSPS) is 10.7. The Hall–Kier alpha value is -4.46. The van der Waals surface area contributed by atoms with Gasteiger partial charge in [0.2, 0.25) is 0 Å². The predicted molar refractivity (Wildman–Crippen MR) is 135 cm³/mol. The summed E-state index contributed by atoms with van der Waals surface area (Å²) in [6.45, 7) is 2.10. The molecule has 0 radical (unpaired) electrons. The number of benzene rings is 3. The van der Waals surface area contributed by atoms with E-state index in [9.17, 15) is 14.7 Å². The molecule has 8 nitrogen and oxygen atoms in total. The zero-order valence-corrected chi connectivity index (χ0v) is 19.9. The van der Waals surface area contributed by atoms with Crippen molar-refractivity contribution in [2.24, 2.45) is 0 Å². The van der Waals surface area contributed by atoms with Crippen LogP contribution in [0.25, 0.3) is 16.6 Å². The molecule has 8 heteroatoms. The van der Waals surface area contributed by atoms with Gasteiger partial charge in [0, 0.05) is 29.4 Å². The summed E-state index contributed by atoms with van der Waals surface area (Å²) in [4.78, 5) is 29.0. The van der Waals surface area contributed by atoms with Crippen molar-refractivity contribution in [1.82, 2.24) is 4.57 Å². The molecular formula is C27H26N2O6. The topological polar surface area (TPSA) is 90.2 Å². The van der Waals surface area contributed by atoms with E-state index in [4.69, 9.17) is 14.2 Å². The number of hydrogen-bond donors (Lipinski definition) is 1. The molecule has 1 N–H and O–H groups in total. The quantitative estimate of drug-likeness (QED) is 0.427. The zero-order valence-electron chi connectivity index (χ0n) is 19.9. The van der Waals surface area contributed by atoms with Crippen LogP contribution in [0, 0.1) is 0 Å². The second kappa shape index (κ2) is 9.80. The maximum Gasteiger partial charge on any atom is 0.272 e. The number of nitrogens with zero attached hydrogens (tertiary/aromatic N) is 2. The van der Waals surface area contributed by atoms with Crippen LogP contribution >= 0.6 is 0 Å². The number of carbonyl (C=O) groups is 1. The van der Waals surface area contributed by atoms with Gasteiger partial charge in [-0.05, 0) is 49.4 Å². The lowest BCUT2D eigenvalue weighted by Gasteiger charge is -2.23. The van der Waals surface area contributed by atoms with E-state index >= 15 is 0 Å². The Balaban J connectivity index is 2.06. The minimum absolute atomic E-state index is 0.269. The number of aromatic hydroxyl groups is 1. The van der Waals surface area contributed by atoms with Crippen LogP contribution in [0.2, 0.25) is 0 Å². The average Bonchev–Trinajstić information content (AvgIpc) is 2.89. The third kappa shape index (κ3) is 4.14. The molecule has 35 heavy (non-hydrogen) atoms. The van der Waals surface area contributed by atoms with Crippen molar-refractivity contribution in [1.29, 1.82) is 0 Å². The van der Waals surface area contributed by atoms with Gasteiger partial charge in [-0.2, -0.15) is 0 Å². The standard InChI is InChI=1S/C27H26N2O6/c1-5-28(17-9-7-6-8-10-17)26(31)24-25(30)20-15-22(34-3)23(35-4)16-21(20)29(27(24)32)18-11-13-19(33-2)14-12-18/h6-16,30H,5H2,1-4H3. The number of pyridine rings is 1. The lowest BCUT2D eigenvalue weighted by atomic mass is 10.1. The summed E-state index contributed by atoms with van der Waals surface area (Å²) < 4.78 is 17.5. The van der Waals surface area contributed by atoms with Crippen LogP contribution in [0.15, 0.2) is 71.5 Å². The number of aromatic nitrogens is 1. The molecule has 0 spiro atoms. The fourth-order valence-electron chi connectivity index (χ4n) is 4.07. The Labute approximate surface area is 202 Å². The summed E-state index contributed by atoms with van der Waals surface area (Å²) in [5.74, 6) is 0.306. The number of methoxy groups -OCH3 is 3. The Bertz CT molecular complexity index is 1430. The smallest absolute Gasteiger partial charge is 0.272 e. The molecule has 1 aromatic heterocycles. The molecule has 0 aliphatic carbocycles. The van der Waals surface area contributed by atoms with E-state index in [1.54, 1.807) is 74.7 Å². The first kappa shape index (κ1) is 23.7. The van der Waals surface area contributed by atoms with Gasteiger partial charge in [0.1, 0.15) is 17.1 Å². The summed E-state index contributed by atoms with van der Waals surface area (Å²) >= 11 is 0. The summed E-state index contributed by atoms with van der Waals surface area (Å²) in [5, 5.41) is 11.5. The third-order valence-corrected chi connectivity index (χ3v) is 5.83. The average molecular weight is 475 g/mol. The van der Waals surface area contributed by atoms with E-state index in [0.717, 1.165) is 0 Å². The number of amides is 1. The van der Waals surface area contributed by atoms with Crippen molar-refractivity contribution in [3.8, 4) is 28.7 Å². The molecule has 1 heterocycles. The van der Waals surface area contributed by atoms with Crippen molar-refractivity contribution in [2.75, 3.05) is 32.8 Å². The van der Waals surface area contributed by atoms with E-state index in [1.807, 2.05) is 6.07 Å². The largest absolute Gasteiger partial charge is 0.506 e. The van der Waals surface area contributed by atoms with E-state index in [2.05, 4.69) is 0 Å². The molecule has 1 amide bonds. The molecule has 0 bridgehead atoms. The van der Waals surface area contributed by atoms with Gasteiger partial charge in [-0.15, -0.1) is 0 Å². The molecule has 4 rings (SSSR count). The number of fused-ring (bicyclic) bond motifs is 1. The van der Waals surface area contributed by atoms with E-state index in [1.165, 1.54) is 23.7 Å². The van der Waals surface area contributed by atoms with E-state index < -0.39 is 17.2 Å². The van der Waals surface area contributed by atoms with Crippen molar-refractivity contribution < 1.29 is 24.1 Å². The molecular weight excluding hydrogens is 448 g/mol. The highest BCUT2D eigenvalue weighted by molar-refractivity contribution is 6.10. The fraction of sp³-hybridized carbons (Fsp3) is 0.185. The number of para-hydroxylation sites is 1. The molecule has 0 saturated carbocycles. The van der Waals surface area contributed by atoms with Crippen molar-refractivity contribution in [3.05, 3.63) is 82.6 Å². The summed E-state index contributed by atoms with van der Waals surface area (Å²) in [6, 6.07) is 19.0. The Morgan fingerprint density at radius 3 is 2.11 bits per heavy atom. The molecule has 180 valence electrons. The zero-order chi connectivity index (χ0) is 25.1. The highest BCUT2D eigenvalue weighted by Crippen LogP contribution is 2.38. The third-order valence-electron chi connectivity index (χ3n) is 5.83. The molecule has 0 aliphatic rings. The lowest BCUT2D eigenvalue weighted by molar-refractivity contribution is 0.0984. The van der Waals surface area contributed by atoms with Gasteiger partial charge in [-0.3, -0.25) is 14.2 Å². The number of hydrogen-bond acceptors (Lipinski definition) is 6. The van der Waals surface area contributed by atoms with E-state index in [0.29, 0.717) is 40.7 Å². The molecule has 0 saturated heterocycles. The van der Waals surface area contributed by atoms with Gasteiger partial charge >= 0.3 is 0 Å². The lowest BCUT2D eigenvalue weighted by Crippen LogP contribution is -2.36. The second-order valence-corrected chi connectivity index (χ2v) is 7.67. The minimum atomic E-state index is -0.660. The summed E-state index contributed by atoms with van der Waals surface area (Å²) in [6.07, 6.45) is 0. The van der Waals surface area contributed by atoms with Crippen LogP contribution in [0.4, 0.5) is 5.69 Å². The first-order chi connectivity index (χ1) is 16.9. The van der Waals surface area contributed by atoms with Crippen LogP contribution in [0.1, 0.15) is 17.3 Å². The van der Waals surface area contributed by atoms with Crippen LogP contribution in [-0.2, 0) is 0 Å². The number of rotatable bonds is 7. The van der Waals surface area contributed by atoms with Crippen LogP contribution in [-0.4, -0.2) is 43.5 Å². The van der Waals surface area contributed by atoms with Crippen molar-refractivity contribution in [2.45, 2.75) is 6.92 Å². The molecule has 0 atom stereocenters. The van der Waals surface area contributed by atoms with Crippen LogP contribution < -0.4 is 24.7 Å². The van der Waals surface area contributed by atoms with Gasteiger partial charge in [-0.25, -0.2) is 0 Å². The van der Waals surface area contributed by atoms with Gasteiger partial charge < -0.3 is 24.2 Å². The highest BCUT2D eigenvalue weighted by Gasteiger charge is 2.28. The number of carbonyl (C=O) groups excluding carboxylic acids is 1. The fourth-order valence-corrected chi connectivity index (χ4v) is 4.07. The monoisotopic (exact) mass is 474 g/mol. The minimum Gasteiger partial charge on any atom is -0.506 e. The molecule has 3 aromatic carbocycles. The molecule has 4 aromatic rings. The van der Waals surface area contributed by atoms with Crippen molar-refractivity contribution >= 4 is 22.5 Å². The van der Waals surface area contributed by atoms with Crippen LogP contribution in [0.3, 0.4) is 0 Å². The summed E-state index contributed by atoms with van der Waals surface area (Å²) in [7, 11) is 4.50. The highest BCUT2D eigenvalue weighted by atomic mass is 16.5. The summed E-state index contributed by atoms with van der Waals surface area (Å²) in [5.41, 5.74) is 0.458. The maximum atomic E-state index is 13.9. The van der Waals surface area contributed by atoms with E-state index in [-0.39, 0.29) is 10.9 Å². The van der Waals surface area contributed by atoms with Gasteiger partial charge in [-0.1, -0.05) is 18.2 Å². The van der Waals surface area contributed by atoms with Gasteiger partial charge in [0.25, 0.3) is 11.5 Å². The first-order valence-corrected chi connectivity index (χ1v) is 11.0. The molecule has 0 fully saturated rings. The van der Waals surface area contributed by atoms with Crippen molar-refractivity contribution in [3.63, 3.8) is 0 Å². The SMILES string of the molecule is CCN(C(=O)c1c(O)c2cc(OC)c(OC)cc2n(-c2ccc(OC)cc2)c1=O)c1ccccc1. The number of anilines is 1. The Morgan fingerprint density at radius 1 is 0.914 bits per heavy atom. The molecule has 0 unspecified atom stereocenters. The van der Waals surface area contributed by atoms with Gasteiger partial charge in [0.05, 0.1) is 26.8 Å². The Kier molecular flexibility index (Phi) is 6.64. The predicted octanol–water partition coefficient (Wildman–Crippen LogP) is 4.39.